The molecular formula is C19H19FN2OS. The fraction of sp³-hybridized carbons (Fsp3) is 0.263. The van der Waals surface area contributed by atoms with Gasteiger partial charge in [0.05, 0.1) is 10.9 Å². The number of nitrogens with zero attached hydrogens (tertiary/aromatic N) is 2. The number of hydrogen-bond donors (Lipinski definition) is 0. The lowest BCUT2D eigenvalue weighted by molar-refractivity contribution is 0.475. The number of benzene rings is 2. The molecule has 3 nitrogen and oxygen atoms in total. The molecule has 5 heteroatoms. The zero-order valence-corrected chi connectivity index (χ0v) is 14.5. The molecule has 0 spiro atoms. The Balaban J connectivity index is 2.00. The zero-order valence-electron chi connectivity index (χ0n) is 13.7. The van der Waals surface area contributed by atoms with Crippen LogP contribution in [0.3, 0.4) is 0 Å². The molecule has 24 heavy (non-hydrogen) atoms. The second-order valence-corrected chi connectivity index (χ2v) is 7.08. The second kappa shape index (κ2) is 7.18. The Morgan fingerprint density at radius 3 is 2.71 bits per heavy atom. The Hall–Kier alpha value is -2.14. The fourth-order valence-electron chi connectivity index (χ4n) is 2.56. The van der Waals surface area contributed by atoms with Crippen LogP contribution in [0, 0.1) is 11.7 Å². The SMILES string of the molecule is CC(C)Cn1c(SCc2cccc(F)c2)nc2ccccc2c1=O. The maximum absolute atomic E-state index is 13.3. The van der Waals surface area contributed by atoms with E-state index in [2.05, 4.69) is 18.8 Å². The van der Waals surface area contributed by atoms with Crippen molar-refractivity contribution >= 4 is 22.7 Å². The molecule has 1 heterocycles. The van der Waals surface area contributed by atoms with Crippen LogP contribution >= 0.6 is 11.8 Å². The number of para-hydroxylation sites is 1. The average molecular weight is 342 g/mol. The monoisotopic (exact) mass is 342 g/mol. The van der Waals surface area contributed by atoms with Crippen molar-refractivity contribution in [3.05, 3.63) is 70.3 Å². The van der Waals surface area contributed by atoms with Crippen molar-refractivity contribution in [2.24, 2.45) is 5.92 Å². The Morgan fingerprint density at radius 2 is 1.96 bits per heavy atom. The summed E-state index contributed by atoms with van der Waals surface area (Å²) in [6.45, 7) is 4.76. The van der Waals surface area contributed by atoms with E-state index in [0.29, 0.717) is 34.3 Å². The molecule has 0 amide bonds. The van der Waals surface area contributed by atoms with E-state index in [1.54, 1.807) is 10.6 Å². The predicted molar refractivity (Wildman–Crippen MR) is 96.8 cm³/mol. The van der Waals surface area contributed by atoms with Gasteiger partial charge in [0, 0.05) is 12.3 Å². The second-order valence-electron chi connectivity index (χ2n) is 6.14. The van der Waals surface area contributed by atoms with Gasteiger partial charge in [-0.05, 0) is 35.7 Å². The van der Waals surface area contributed by atoms with E-state index < -0.39 is 0 Å². The molecule has 0 unspecified atom stereocenters. The minimum Gasteiger partial charge on any atom is -0.287 e. The normalized spacial score (nSPS) is 11.3. The molecule has 124 valence electrons. The zero-order chi connectivity index (χ0) is 17.1. The summed E-state index contributed by atoms with van der Waals surface area (Å²) < 4.78 is 15.1. The van der Waals surface area contributed by atoms with Crippen LogP contribution < -0.4 is 5.56 Å². The molecule has 3 aromatic rings. The van der Waals surface area contributed by atoms with Gasteiger partial charge in [0.1, 0.15) is 5.82 Å². The van der Waals surface area contributed by atoms with E-state index in [0.717, 1.165) is 5.56 Å². The molecule has 0 saturated heterocycles. The van der Waals surface area contributed by atoms with Crippen LogP contribution in [-0.2, 0) is 12.3 Å². The summed E-state index contributed by atoms with van der Waals surface area (Å²) in [7, 11) is 0. The Kier molecular flexibility index (Phi) is 5.00. The third kappa shape index (κ3) is 3.67. The highest BCUT2D eigenvalue weighted by molar-refractivity contribution is 7.98. The first kappa shape index (κ1) is 16.7. The lowest BCUT2D eigenvalue weighted by Crippen LogP contribution is -2.25. The largest absolute Gasteiger partial charge is 0.287 e. The molecule has 0 aliphatic heterocycles. The molecule has 0 fully saturated rings. The van der Waals surface area contributed by atoms with Crippen LogP contribution in [0.1, 0.15) is 19.4 Å². The van der Waals surface area contributed by atoms with Crippen LogP contribution in [0.5, 0.6) is 0 Å². The van der Waals surface area contributed by atoms with Crippen molar-refractivity contribution in [3.8, 4) is 0 Å². The number of fused-ring (bicyclic) bond motifs is 1. The molecular weight excluding hydrogens is 323 g/mol. The van der Waals surface area contributed by atoms with Gasteiger partial charge < -0.3 is 0 Å². The maximum atomic E-state index is 13.3. The van der Waals surface area contributed by atoms with Gasteiger partial charge in [-0.25, -0.2) is 9.37 Å². The summed E-state index contributed by atoms with van der Waals surface area (Å²) in [5, 5.41) is 1.31. The van der Waals surface area contributed by atoms with Crippen molar-refractivity contribution in [1.29, 1.82) is 0 Å². The first-order valence-corrected chi connectivity index (χ1v) is 8.90. The van der Waals surface area contributed by atoms with Gasteiger partial charge in [-0.1, -0.05) is 49.9 Å². The van der Waals surface area contributed by atoms with Gasteiger partial charge in [-0.3, -0.25) is 9.36 Å². The van der Waals surface area contributed by atoms with Gasteiger partial charge in [-0.2, -0.15) is 0 Å². The Morgan fingerprint density at radius 1 is 1.17 bits per heavy atom. The van der Waals surface area contributed by atoms with E-state index in [-0.39, 0.29) is 11.4 Å². The average Bonchev–Trinajstić information content (AvgIpc) is 2.56. The number of thioether (sulfide) groups is 1. The van der Waals surface area contributed by atoms with Crippen molar-refractivity contribution in [1.82, 2.24) is 9.55 Å². The van der Waals surface area contributed by atoms with E-state index in [1.807, 2.05) is 30.3 Å². The van der Waals surface area contributed by atoms with Crippen LogP contribution in [0.15, 0.2) is 58.5 Å². The summed E-state index contributed by atoms with van der Waals surface area (Å²) >= 11 is 1.47. The lowest BCUT2D eigenvalue weighted by atomic mass is 10.2. The standard InChI is InChI=1S/C19H19FN2OS/c1-13(2)11-22-18(23)16-8-3-4-9-17(16)21-19(22)24-12-14-6-5-7-15(20)10-14/h3-10,13H,11-12H2,1-2H3. The van der Waals surface area contributed by atoms with Crippen molar-refractivity contribution in [2.75, 3.05) is 0 Å². The Labute approximate surface area is 144 Å². The van der Waals surface area contributed by atoms with Crippen LogP contribution in [0.2, 0.25) is 0 Å². The van der Waals surface area contributed by atoms with Gasteiger partial charge in [0.2, 0.25) is 0 Å². The number of hydrogen-bond acceptors (Lipinski definition) is 3. The molecule has 0 radical (unpaired) electrons. The highest BCUT2D eigenvalue weighted by Gasteiger charge is 2.12. The molecule has 1 aromatic heterocycles. The predicted octanol–water partition coefficient (Wildman–Crippen LogP) is 4.48. The molecule has 0 saturated carbocycles. The number of rotatable bonds is 5. The molecule has 3 rings (SSSR count). The molecule has 0 bridgehead atoms. The molecule has 2 aromatic carbocycles. The molecule has 0 aliphatic rings. The van der Waals surface area contributed by atoms with Gasteiger partial charge in [0.25, 0.3) is 5.56 Å². The number of aromatic nitrogens is 2. The molecule has 0 atom stereocenters. The Bertz CT molecular complexity index is 921. The summed E-state index contributed by atoms with van der Waals surface area (Å²) in [5.74, 6) is 0.652. The van der Waals surface area contributed by atoms with E-state index in [1.165, 1.54) is 23.9 Å². The van der Waals surface area contributed by atoms with Gasteiger partial charge in [0.15, 0.2) is 5.16 Å². The smallest absolute Gasteiger partial charge is 0.262 e. The maximum Gasteiger partial charge on any atom is 0.262 e. The van der Waals surface area contributed by atoms with Crippen LogP contribution in [-0.4, -0.2) is 9.55 Å². The van der Waals surface area contributed by atoms with Gasteiger partial charge >= 0.3 is 0 Å². The highest BCUT2D eigenvalue weighted by Crippen LogP contribution is 2.23. The van der Waals surface area contributed by atoms with Crippen molar-refractivity contribution < 1.29 is 4.39 Å². The summed E-state index contributed by atoms with van der Waals surface area (Å²) in [6, 6.07) is 13.9. The van der Waals surface area contributed by atoms with E-state index in [4.69, 9.17) is 0 Å². The first-order valence-electron chi connectivity index (χ1n) is 7.91. The van der Waals surface area contributed by atoms with Crippen LogP contribution in [0.4, 0.5) is 4.39 Å². The molecule has 0 aliphatic carbocycles. The third-order valence-corrected chi connectivity index (χ3v) is 4.68. The lowest BCUT2D eigenvalue weighted by Gasteiger charge is -2.15. The van der Waals surface area contributed by atoms with E-state index in [9.17, 15) is 9.18 Å². The highest BCUT2D eigenvalue weighted by atomic mass is 32.2. The summed E-state index contributed by atoms with van der Waals surface area (Å²) in [5.41, 5.74) is 1.55. The minimum absolute atomic E-state index is 0.0176. The first-order chi connectivity index (χ1) is 11.5. The summed E-state index contributed by atoms with van der Waals surface area (Å²) in [6.07, 6.45) is 0. The van der Waals surface area contributed by atoms with Gasteiger partial charge in [-0.15, -0.1) is 0 Å². The fourth-order valence-corrected chi connectivity index (χ4v) is 3.51. The quantitative estimate of drug-likeness (QED) is 0.506. The van der Waals surface area contributed by atoms with Crippen molar-refractivity contribution in [3.63, 3.8) is 0 Å². The third-order valence-electron chi connectivity index (χ3n) is 3.63. The number of halogens is 1. The topological polar surface area (TPSA) is 34.9 Å². The molecule has 0 N–H and O–H groups in total. The van der Waals surface area contributed by atoms with Crippen molar-refractivity contribution in [2.45, 2.75) is 31.3 Å². The summed E-state index contributed by atoms with van der Waals surface area (Å²) in [4.78, 5) is 17.5. The van der Waals surface area contributed by atoms with E-state index >= 15 is 0 Å². The van der Waals surface area contributed by atoms with Crippen LogP contribution in [0.25, 0.3) is 10.9 Å². The minimum atomic E-state index is -0.251.